The number of aromatic nitrogens is 1. The molecular formula is C16H17Cl2N3O2S. The lowest BCUT2D eigenvalue weighted by Crippen LogP contribution is -2.48. The van der Waals surface area contributed by atoms with Gasteiger partial charge in [-0.3, -0.25) is 9.88 Å². The van der Waals surface area contributed by atoms with Gasteiger partial charge in [0.05, 0.1) is 10.6 Å². The van der Waals surface area contributed by atoms with Gasteiger partial charge in [-0.05, 0) is 30.3 Å². The third-order valence-corrected chi connectivity index (χ3v) is 6.23. The lowest BCUT2D eigenvalue weighted by atomic mass is 10.3. The smallest absolute Gasteiger partial charge is 0.243 e. The Morgan fingerprint density at radius 3 is 2.25 bits per heavy atom. The minimum Gasteiger partial charge on any atom is -0.295 e. The van der Waals surface area contributed by atoms with Gasteiger partial charge in [0.1, 0.15) is 0 Å². The molecule has 2 aromatic rings. The van der Waals surface area contributed by atoms with Crippen molar-refractivity contribution in [3.8, 4) is 0 Å². The van der Waals surface area contributed by atoms with Gasteiger partial charge in [0.2, 0.25) is 10.0 Å². The Bertz CT molecular complexity index is 787. The average Bonchev–Trinajstić information content (AvgIpc) is 2.55. The van der Waals surface area contributed by atoms with Gasteiger partial charge in [-0.15, -0.1) is 0 Å². The maximum absolute atomic E-state index is 12.7. The Balaban J connectivity index is 1.67. The Labute approximate surface area is 151 Å². The van der Waals surface area contributed by atoms with Crippen molar-refractivity contribution in [2.24, 2.45) is 0 Å². The number of pyridine rings is 1. The van der Waals surface area contributed by atoms with Crippen molar-refractivity contribution >= 4 is 33.2 Å². The number of piperazine rings is 1. The first-order valence-corrected chi connectivity index (χ1v) is 9.73. The number of halogens is 2. The van der Waals surface area contributed by atoms with Gasteiger partial charge in [0.15, 0.2) is 0 Å². The average molecular weight is 386 g/mol. The zero-order valence-corrected chi connectivity index (χ0v) is 15.2. The van der Waals surface area contributed by atoms with Crippen molar-refractivity contribution in [3.63, 3.8) is 0 Å². The van der Waals surface area contributed by atoms with E-state index in [2.05, 4.69) is 9.88 Å². The van der Waals surface area contributed by atoms with Gasteiger partial charge in [0.25, 0.3) is 0 Å². The van der Waals surface area contributed by atoms with Crippen LogP contribution in [-0.4, -0.2) is 48.8 Å². The third kappa shape index (κ3) is 4.07. The molecule has 0 radical (unpaired) electrons. The van der Waals surface area contributed by atoms with Gasteiger partial charge in [-0.25, -0.2) is 8.42 Å². The first-order chi connectivity index (χ1) is 11.4. The molecule has 1 aromatic carbocycles. The van der Waals surface area contributed by atoms with E-state index in [0.29, 0.717) is 36.2 Å². The number of hydrogen-bond donors (Lipinski definition) is 0. The number of hydrogen-bond acceptors (Lipinski definition) is 4. The molecule has 0 N–H and O–H groups in total. The normalized spacial score (nSPS) is 17.1. The van der Waals surface area contributed by atoms with E-state index in [1.807, 2.05) is 18.2 Å². The van der Waals surface area contributed by atoms with Gasteiger partial charge < -0.3 is 0 Å². The Morgan fingerprint density at radius 1 is 1.00 bits per heavy atom. The monoisotopic (exact) mass is 385 g/mol. The van der Waals surface area contributed by atoms with E-state index in [1.165, 1.54) is 22.5 Å². The third-order valence-electron chi connectivity index (χ3n) is 3.92. The molecule has 0 unspecified atom stereocenters. The van der Waals surface area contributed by atoms with Crippen LogP contribution in [0.15, 0.2) is 47.5 Å². The highest BCUT2D eigenvalue weighted by Crippen LogP contribution is 2.25. The molecule has 0 atom stereocenters. The van der Waals surface area contributed by atoms with Crippen LogP contribution in [-0.2, 0) is 16.6 Å². The fourth-order valence-corrected chi connectivity index (χ4v) is 4.82. The highest BCUT2D eigenvalue weighted by Gasteiger charge is 2.29. The molecule has 1 saturated heterocycles. The van der Waals surface area contributed by atoms with Crippen LogP contribution in [0.2, 0.25) is 10.0 Å². The minimum atomic E-state index is -3.58. The summed E-state index contributed by atoms with van der Waals surface area (Å²) in [5.74, 6) is 0. The number of rotatable bonds is 4. The second kappa shape index (κ2) is 7.37. The highest BCUT2D eigenvalue weighted by atomic mass is 35.5. The van der Waals surface area contributed by atoms with Crippen LogP contribution in [0.5, 0.6) is 0 Å². The predicted molar refractivity (Wildman–Crippen MR) is 94.7 cm³/mol. The summed E-state index contributed by atoms with van der Waals surface area (Å²) in [6, 6.07) is 10.2. The predicted octanol–water partition coefficient (Wildman–Crippen LogP) is 2.89. The standard InChI is InChI=1S/C16H17Cl2N3O2S/c17-13-9-14(18)11-16(10-13)24(22,23)21-7-5-20(6-8-21)12-15-3-1-2-4-19-15/h1-4,9-11H,5-8,12H2. The molecule has 5 nitrogen and oxygen atoms in total. The van der Waals surface area contributed by atoms with Crippen molar-refractivity contribution in [2.75, 3.05) is 26.2 Å². The molecule has 1 aliphatic rings. The fourth-order valence-electron chi connectivity index (χ4n) is 2.68. The second-order valence-electron chi connectivity index (χ2n) is 5.61. The summed E-state index contributed by atoms with van der Waals surface area (Å²) in [7, 11) is -3.58. The summed E-state index contributed by atoms with van der Waals surface area (Å²) < 4.78 is 26.9. The molecule has 0 spiro atoms. The summed E-state index contributed by atoms with van der Waals surface area (Å²) in [5, 5.41) is 0.629. The molecule has 0 aliphatic carbocycles. The maximum atomic E-state index is 12.7. The first-order valence-electron chi connectivity index (χ1n) is 7.54. The molecule has 1 aromatic heterocycles. The molecule has 8 heteroatoms. The van der Waals surface area contributed by atoms with Gasteiger partial charge in [-0.2, -0.15) is 4.31 Å². The first kappa shape index (κ1) is 17.6. The number of benzene rings is 1. The van der Waals surface area contributed by atoms with E-state index in [0.717, 1.165) is 12.2 Å². The van der Waals surface area contributed by atoms with Crippen LogP contribution >= 0.6 is 23.2 Å². The zero-order chi connectivity index (χ0) is 17.2. The van der Waals surface area contributed by atoms with Crippen molar-refractivity contribution in [2.45, 2.75) is 11.4 Å². The largest absolute Gasteiger partial charge is 0.295 e. The highest BCUT2D eigenvalue weighted by molar-refractivity contribution is 7.89. The quantitative estimate of drug-likeness (QED) is 0.811. The van der Waals surface area contributed by atoms with Crippen LogP contribution in [0.4, 0.5) is 0 Å². The maximum Gasteiger partial charge on any atom is 0.243 e. The van der Waals surface area contributed by atoms with Crippen LogP contribution in [0.3, 0.4) is 0 Å². The van der Waals surface area contributed by atoms with E-state index in [9.17, 15) is 8.42 Å². The SMILES string of the molecule is O=S(=O)(c1cc(Cl)cc(Cl)c1)N1CCN(Cc2ccccn2)CC1. The Hall–Kier alpha value is -1.18. The summed E-state index contributed by atoms with van der Waals surface area (Å²) in [5.41, 5.74) is 0.982. The summed E-state index contributed by atoms with van der Waals surface area (Å²) >= 11 is 11.9. The van der Waals surface area contributed by atoms with Crippen LogP contribution in [0.1, 0.15) is 5.69 Å². The van der Waals surface area contributed by atoms with E-state index in [-0.39, 0.29) is 4.90 Å². The van der Waals surface area contributed by atoms with Crippen molar-refractivity contribution in [3.05, 3.63) is 58.3 Å². The Kier molecular flexibility index (Phi) is 5.42. The van der Waals surface area contributed by atoms with E-state index >= 15 is 0 Å². The van der Waals surface area contributed by atoms with Crippen molar-refractivity contribution < 1.29 is 8.42 Å². The van der Waals surface area contributed by atoms with Gasteiger partial charge in [-0.1, -0.05) is 29.3 Å². The zero-order valence-electron chi connectivity index (χ0n) is 12.9. The van der Waals surface area contributed by atoms with E-state index < -0.39 is 10.0 Å². The second-order valence-corrected chi connectivity index (χ2v) is 8.42. The van der Waals surface area contributed by atoms with Crippen molar-refractivity contribution in [1.29, 1.82) is 0 Å². The number of sulfonamides is 1. The minimum absolute atomic E-state index is 0.137. The van der Waals surface area contributed by atoms with Crippen LogP contribution in [0.25, 0.3) is 0 Å². The molecule has 3 rings (SSSR count). The topological polar surface area (TPSA) is 53.5 Å². The van der Waals surface area contributed by atoms with Crippen LogP contribution in [0, 0.1) is 0 Å². The summed E-state index contributed by atoms with van der Waals surface area (Å²) in [6.45, 7) is 2.89. The molecule has 0 saturated carbocycles. The van der Waals surface area contributed by atoms with Crippen molar-refractivity contribution in [1.82, 2.24) is 14.2 Å². The molecule has 1 aliphatic heterocycles. The molecule has 128 valence electrons. The van der Waals surface area contributed by atoms with E-state index in [1.54, 1.807) is 6.20 Å². The van der Waals surface area contributed by atoms with Gasteiger partial charge in [0, 0.05) is 49.0 Å². The van der Waals surface area contributed by atoms with Gasteiger partial charge >= 0.3 is 0 Å². The molecule has 0 bridgehead atoms. The fraction of sp³-hybridized carbons (Fsp3) is 0.312. The molecular weight excluding hydrogens is 369 g/mol. The summed E-state index contributed by atoms with van der Waals surface area (Å²) in [4.78, 5) is 6.64. The van der Waals surface area contributed by atoms with E-state index in [4.69, 9.17) is 23.2 Å². The number of nitrogens with zero attached hydrogens (tertiary/aromatic N) is 3. The molecule has 24 heavy (non-hydrogen) atoms. The summed E-state index contributed by atoms with van der Waals surface area (Å²) in [6.07, 6.45) is 1.76. The molecule has 1 fully saturated rings. The lowest BCUT2D eigenvalue weighted by Gasteiger charge is -2.33. The molecule has 0 amide bonds. The Morgan fingerprint density at radius 2 is 1.67 bits per heavy atom. The van der Waals surface area contributed by atoms with Crippen LogP contribution < -0.4 is 0 Å². The molecule has 2 heterocycles. The lowest BCUT2D eigenvalue weighted by molar-refractivity contribution is 0.180.